The van der Waals surface area contributed by atoms with Gasteiger partial charge in [-0.2, -0.15) is 5.26 Å². The molecule has 0 bridgehead atoms. The molecule has 3 atom stereocenters. The Morgan fingerprint density at radius 3 is 3.04 bits per heavy atom. The molecule has 0 spiro atoms. The van der Waals surface area contributed by atoms with Gasteiger partial charge in [-0.05, 0) is 24.8 Å². The number of hydrogen-bond acceptors (Lipinski definition) is 5. The summed E-state index contributed by atoms with van der Waals surface area (Å²) in [6, 6.07) is 4.77. The third-order valence-corrected chi connectivity index (χ3v) is 6.02. The fourth-order valence-electron chi connectivity index (χ4n) is 4.70. The second-order valence-electron chi connectivity index (χ2n) is 7.85. The summed E-state index contributed by atoms with van der Waals surface area (Å²) in [5, 5.41) is 12.9. The standard InChI is InChI=1S/C19H22N6O/c1-12-6-13(24-19(3-4-20)10-26-11-19)7-14(12)16-8-22-17-9-23-18-15(25(16)17)2-5-21-18/h2,5,8-9,12-14,21,24H,3,6-7,10-11H2,1H3. The molecule has 2 aliphatic rings. The summed E-state index contributed by atoms with van der Waals surface area (Å²) in [4.78, 5) is 12.2. The molecule has 2 fully saturated rings. The SMILES string of the molecule is CC1CC(NC2(CC#N)COC2)CC1c1cnc2cnc3[nH]ccc3n12. The summed E-state index contributed by atoms with van der Waals surface area (Å²) in [6.07, 6.45) is 8.41. The van der Waals surface area contributed by atoms with Crippen molar-refractivity contribution in [2.75, 3.05) is 13.2 Å². The highest BCUT2D eigenvalue weighted by atomic mass is 16.5. The van der Waals surface area contributed by atoms with Crippen molar-refractivity contribution < 1.29 is 4.74 Å². The lowest BCUT2D eigenvalue weighted by molar-refractivity contribution is -0.0769. The van der Waals surface area contributed by atoms with Crippen LogP contribution in [0.2, 0.25) is 0 Å². The molecule has 4 heterocycles. The molecule has 2 N–H and O–H groups in total. The quantitative estimate of drug-likeness (QED) is 0.754. The van der Waals surface area contributed by atoms with Gasteiger partial charge in [-0.3, -0.25) is 4.40 Å². The number of hydrogen-bond donors (Lipinski definition) is 2. The number of rotatable bonds is 4. The van der Waals surface area contributed by atoms with Gasteiger partial charge in [0.15, 0.2) is 11.3 Å². The summed E-state index contributed by atoms with van der Waals surface area (Å²) < 4.78 is 7.62. The van der Waals surface area contributed by atoms with Crippen molar-refractivity contribution in [1.82, 2.24) is 24.7 Å². The van der Waals surface area contributed by atoms with Crippen molar-refractivity contribution in [3.63, 3.8) is 0 Å². The number of imidazole rings is 1. The zero-order valence-corrected chi connectivity index (χ0v) is 14.8. The molecular weight excluding hydrogens is 328 g/mol. The summed E-state index contributed by atoms with van der Waals surface area (Å²) in [7, 11) is 0. The Morgan fingerprint density at radius 1 is 1.38 bits per heavy atom. The number of nitriles is 1. The van der Waals surface area contributed by atoms with Gasteiger partial charge in [0.25, 0.3) is 0 Å². The van der Waals surface area contributed by atoms with Crippen LogP contribution in [-0.4, -0.2) is 44.1 Å². The monoisotopic (exact) mass is 350 g/mol. The topological polar surface area (TPSA) is 91.0 Å². The van der Waals surface area contributed by atoms with E-state index in [1.54, 1.807) is 0 Å². The fraction of sp³-hybridized carbons (Fsp3) is 0.526. The lowest BCUT2D eigenvalue weighted by Crippen LogP contribution is -2.62. The number of nitrogens with one attached hydrogen (secondary N) is 2. The van der Waals surface area contributed by atoms with Crippen LogP contribution in [-0.2, 0) is 4.74 Å². The second kappa shape index (κ2) is 5.79. The Bertz CT molecular complexity index is 994. The third-order valence-electron chi connectivity index (χ3n) is 6.02. The Hall–Kier alpha value is -2.43. The van der Waals surface area contributed by atoms with Gasteiger partial charge in [-0.1, -0.05) is 6.92 Å². The molecule has 7 nitrogen and oxygen atoms in total. The number of aromatic amines is 1. The number of nitrogens with zero attached hydrogens (tertiary/aromatic N) is 4. The van der Waals surface area contributed by atoms with E-state index in [2.05, 4.69) is 43.7 Å². The molecule has 5 rings (SSSR count). The van der Waals surface area contributed by atoms with Gasteiger partial charge in [0.05, 0.1) is 43.0 Å². The predicted octanol–water partition coefficient (Wildman–Crippen LogP) is 2.36. The maximum Gasteiger partial charge on any atom is 0.156 e. The first kappa shape index (κ1) is 15.8. The minimum absolute atomic E-state index is 0.147. The van der Waals surface area contributed by atoms with E-state index < -0.39 is 0 Å². The molecule has 1 saturated carbocycles. The van der Waals surface area contributed by atoms with Gasteiger partial charge in [0, 0.05) is 30.0 Å². The van der Waals surface area contributed by atoms with E-state index in [1.165, 1.54) is 5.69 Å². The second-order valence-corrected chi connectivity index (χ2v) is 7.85. The molecule has 26 heavy (non-hydrogen) atoms. The molecule has 3 aromatic rings. The van der Waals surface area contributed by atoms with E-state index in [1.807, 2.05) is 18.6 Å². The smallest absolute Gasteiger partial charge is 0.156 e. The van der Waals surface area contributed by atoms with Gasteiger partial charge in [-0.25, -0.2) is 9.97 Å². The minimum Gasteiger partial charge on any atom is -0.377 e. The van der Waals surface area contributed by atoms with E-state index in [0.717, 1.165) is 29.7 Å². The first-order chi connectivity index (χ1) is 12.7. The molecule has 134 valence electrons. The summed E-state index contributed by atoms with van der Waals surface area (Å²) >= 11 is 0. The first-order valence-electron chi connectivity index (χ1n) is 9.21. The summed E-state index contributed by atoms with van der Waals surface area (Å²) in [5.41, 5.74) is 3.96. The van der Waals surface area contributed by atoms with E-state index >= 15 is 0 Å². The number of ether oxygens (including phenoxy) is 1. The van der Waals surface area contributed by atoms with Gasteiger partial charge in [0.2, 0.25) is 0 Å². The lowest BCUT2D eigenvalue weighted by Gasteiger charge is -2.42. The minimum atomic E-state index is -0.147. The number of H-pyrrole nitrogens is 1. The van der Waals surface area contributed by atoms with E-state index in [4.69, 9.17) is 10.00 Å². The summed E-state index contributed by atoms with van der Waals surface area (Å²) in [6.45, 7) is 3.60. The van der Waals surface area contributed by atoms with Crippen molar-refractivity contribution in [3.8, 4) is 6.07 Å². The highest BCUT2D eigenvalue weighted by Gasteiger charge is 2.43. The van der Waals surface area contributed by atoms with E-state index in [9.17, 15) is 0 Å². The van der Waals surface area contributed by atoms with Crippen molar-refractivity contribution in [2.45, 2.75) is 43.7 Å². The average Bonchev–Trinajstić information content (AvgIpc) is 3.29. The van der Waals surface area contributed by atoms with Gasteiger partial charge in [-0.15, -0.1) is 0 Å². The van der Waals surface area contributed by atoms with Crippen LogP contribution in [0.15, 0.2) is 24.7 Å². The normalized spacial score (nSPS) is 27.6. The van der Waals surface area contributed by atoms with E-state index in [0.29, 0.717) is 37.5 Å². The van der Waals surface area contributed by atoms with Crippen molar-refractivity contribution >= 4 is 16.8 Å². The Morgan fingerprint density at radius 2 is 2.27 bits per heavy atom. The van der Waals surface area contributed by atoms with Crippen molar-refractivity contribution in [1.29, 1.82) is 5.26 Å². The molecule has 0 radical (unpaired) electrons. The van der Waals surface area contributed by atoms with Crippen LogP contribution in [0.1, 0.15) is 37.8 Å². The maximum absolute atomic E-state index is 9.13. The number of fused-ring (bicyclic) bond motifs is 3. The fourth-order valence-corrected chi connectivity index (χ4v) is 4.70. The van der Waals surface area contributed by atoms with Gasteiger partial charge in [0.1, 0.15) is 0 Å². The van der Waals surface area contributed by atoms with Crippen LogP contribution in [0, 0.1) is 17.2 Å². The van der Waals surface area contributed by atoms with Gasteiger partial charge < -0.3 is 15.0 Å². The zero-order chi connectivity index (χ0) is 17.7. The highest BCUT2D eigenvalue weighted by molar-refractivity contribution is 5.74. The third kappa shape index (κ3) is 2.33. The van der Waals surface area contributed by atoms with Crippen LogP contribution < -0.4 is 5.32 Å². The zero-order valence-electron chi connectivity index (χ0n) is 14.8. The molecule has 1 aliphatic carbocycles. The molecule has 1 aliphatic heterocycles. The molecule has 3 unspecified atom stereocenters. The van der Waals surface area contributed by atoms with Crippen LogP contribution in [0.25, 0.3) is 16.8 Å². The van der Waals surface area contributed by atoms with Crippen LogP contribution in [0.5, 0.6) is 0 Å². The van der Waals surface area contributed by atoms with Crippen LogP contribution >= 0.6 is 0 Å². The Balaban J connectivity index is 1.45. The lowest BCUT2D eigenvalue weighted by atomic mass is 9.92. The molecular formula is C19H22N6O. The van der Waals surface area contributed by atoms with Crippen molar-refractivity contribution in [2.24, 2.45) is 5.92 Å². The number of aromatic nitrogens is 4. The average molecular weight is 350 g/mol. The maximum atomic E-state index is 9.13. The molecule has 3 aromatic heterocycles. The largest absolute Gasteiger partial charge is 0.377 e. The van der Waals surface area contributed by atoms with Crippen LogP contribution in [0.3, 0.4) is 0 Å². The van der Waals surface area contributed by atoms with Crippen LogP contribution in [0.4, 0.5) is 0 Å². The Kier molecular flexibility index (Phi) is 3.52. The molecule has 1 saturated heterocycles. The van der Waals surface area contributed by atoms with Gasteiger partial charge >= 0.3 is 0 Å². The molecule has 7 heteroatoms. The van der Waals surface area contributed by atoms with E-state index in [-0.39, 0.29) is 5.54 Å². The highest BCUT2D eigenvalue weighted by Crippen LogP contribution is 2.41. The summed E-state index contributed by atoms with van der Waals surface area (Å²) in [5.74, 6) is 0.984. The van der Waals surface area contributed by atoms with Crippen molar-refractivity contribution in [3.05, 3.63) is 30.4 Å². The molecule has 0 amide bonds. The molecule has 0 aromatic carbocycles. The Labute approximate surface area is 151 Å². The first-order valence-corrected chi connectivity index (χ1v) is 9.21. The predicted molar refractivity (Wildman–Crippen MR) is 96.7 cm³/mol.